The van der Waals surface area contributed by atoms with Gasteiger partial charge in [0.2, 0.25) is 0 Å². The molecule has 1 aromatic rings. The van der Waals surface area contributed by atoms with Crippen LogP contribution in [0.15, 0.2) is 41.1 Å². The Bertz CT molecular complexity index is 708. The molecule has 0 saturated carbocycles. The zero-order valence-corrected chi connectivity index (χ0v) is 17.7. The Morgan fingerprint density at radius 2 is 2.11 bits per heavy atom. The highest BCUT2D eigenvalue weighted by Gasteiger charge is 2.30. The first-order valence-electron chi connectivity index (χ1n) is 10.6. The fourth-order valence-corrected chi connectivity index (χ4v) is 4.06. The van der Waals surface area contributed by atoms with Crippen molar-refractivity contribution in [3.05, 3.63) is 52.0 Å². The molecule has 0 spiro atoms. The minimum Gasteiger partial charge on any atom is -0.507 e. The molecule has 0 amide bonds. The summed E-state index contributed by atoms with van der Waals surface area (Å²) in [6.45, 7) is 11.3. The number of aromatic hydroxyl groups is 1. The number of phenolic OH excluding ortho intramolecular Hbond substituents is 1. The van der Waals surface area contributed by atoms with E-state index in [1.165, 1.54) is 18.4 Å². The Morgan fingerprint density at radius 1 is 1.32 bits per heavy atom. The summed E-state index contributed by atoms with van der Waals surface area (Å²) in [5.74, 6) is 1.40. The zero-order chi connectivity index (χ0) is 20.5. The van der Waals surface area contributed by atoms with E-state index in [4.69, 9.17) is 4.74 Å². The number of unbranched alkanes of at least 4 members (excludes halogenated alkanes) is 2. The average Bonchev–Trinajstić information content (AvgIpc) is 2.65. The van der Waals surface area contributed by atoms with E-state index >= 15 is 0 Å². The summed E-state index contributed by atoms with van der Waals surface area (Å²) in [4.78, 5) is 10.4. The maximum Gasteiger partial charge on any atom is 0.127 e. The lowest BCUT2D eigenvalue weighted by molar-refractivity contribution is 0.302. The number of hydrogen-bond donors (Lipinski definition) is 1. The highest BCUT2D eigenvalue weighted by molar-refractivity contribution is 5.52. The summed E-state index contributed by atoms with van der Waals surface area (Å²) >= 11 is 0. The highest BCUT2D eigenvalue weighted by Crippen LogP contribution is 2.47. The lowest BCUT2D eigenvalue weighted by atomic mass is 9.73. The number of aryl methyl sites for hydroxylation is 1. The molecule has 0 saturated heterocycles. The van der Waals surface area contributed by atoms with E-state index in [1.54, 1.807) is 0 Å². The molecule has 0 aliphatic heterocycles. The van der Waals surface area contributed by atoms with Crippen LogP contribution in [0.1, 0.15) is 76.3 Å². The zero-order valence-electron chi connectivity index (χ0n) is 17.7. The summed E-state index contributed by atoms with van der Waals surface area (Å²) in [7, 11) is 0. The molecule has 154 valence electrons. The molecule has 0 heterocycles. The largest absolute Gasteiger partial charge is 0.507 e. The molecule has 1 aliphatic rings. The molecule has 2 unspecified atom stereocenters. The van der Waals surface area contributed by atoms with Gasteiger partial charge in [0.25, 0.3) is 0 Å². The monoisotopic (exact) mass is 385 g/mol. The first kappa shape index (κ1) is 22.2. The van der Waals surface area contributed by atoms with E-state index in [0.29, 0.717) is 24.7 Å². The second-order valence-electron chi connectivity index (χ2n) is 8.07. The van der Waals surface area contributed by atoms with Gasteiger partial charge in [-0.05, 0) is 63.1 Å². The van der Waals surface area contributed by atoms with Crippen molar-refractivity contribution in [1.82, 2.24) is 0 Å². The number of nitroso groups, excluding NO2 is 1. The quantitative estimate of drug-likeness (QED) is 0.263. The van der Waals surface area contributed by atoms with Gasteiger partial charge in [0.15, 0.2) is 0 Å². The standard InChI is InChI=1S/C24H35NO3/c1-5-6-7-9-19-15-22(26)24(23(16-19)28-13-8-12-25-27)21-14-18(4)10-11-20(21)17(2)3/h14-16,20-21,26H,2,5-13H2,1,3-4H3. The molecular weight excluding hydrogens is 350 g/mol. The van der Waals surface area contributed by atoms with Crippen LogP contribution in [0.2, 0.25) is 0 Å². The molecule has 0 bridgehead atoms. The second-order valence-corrected chi connectivity index (χ2v) is 8.07. The van der Waals surface area contributed by atoms with Gasteiger partial charge in [-0.25, -0.2) is 0 Å². The van der Waals surface area contributed by atoms with E-state index in [1.807, 2.05) is 6.07 Å². The molecule has 28 heavy (non-hydrogen) atoms. The fraction of sp³-hybridized carbons (Fsp3) is 0.583. The smallest absolute Gasteiger partial charge is 0.127 e. The summed E-state index contributed by atoms with van der Waals surface area (Å²) in [5, 5.41) is 13.9. The Hall–Kier alpha value is -2.10. The average molecular weight is 386 g/mol. The maximum absolute atomic E-state index is 11.0. The van der Waals surface area contributed by atoms with Crippen molar-refractivity contribution < 1.29 is 9.84 Å². The van der Waals surface area contributed by atoms with E-state index < -0.39 is 0 Å². The fourth-order valence-electron chi connectivity index (χ4n) is 4.06. The second kappa shape index (κ2) is 11.0. The number of hydrogen-bond acceptors (Lipinski definition) is 4. The molecule has 0 aromatic heterocycles. The Kier molecular flexibility index (Phi) is 8.75. The van der Waals surface area contributed by atoms with Crippen LogP contribution in [-0.2, 0) is 6.42 Å². The molecule has 1 N–H and O–H groups in total. The number of benzene rings is 1. The minimum atomic E-state index is 0.0649. The number of ether oxygens (including phenoxy) is 1. The predicted octanol–water partition coefficient (Wildman–Crippen LogP) is 6.68. The summed E-state index contributed by atoms with van der Waals surface area (Å²) in [5.41, 5.74) is 4.42. The number of nitrogens with zero attached hydrogens (tertiary/aromatic N) is 1. The van der Waals surface area contributed by atoms with Crippen molar-refractivity contribution in [3.8, 4) is 11.5 Å². The van der Waals surface area contributed by atoms with Crippen LogP contribution in [0.5, 0.6) is 11.5 Å². The molecule has 0 fully saturated rings. The van der Waals surface area contributed by atoms with Crippen LogP contribution in [0.25, 0.3) is 0 Å². The Morgan fingerprint density at radius 3 is 2.79 bits per heavy atom. The molecule has 2 rings (SSSR count). The normalized spacial score (nSPS) is 19.2. The van der Waals surface area contributed by atoms with Crippen LogP contribution in [-0.4, -0.2) is 18.3 Å². The van der Waals surface area contributed by atoms with Gasteiger partial charge in [0, 0.05) is 17.9 Å². The molecule has 1 aromatic carbocycles. The van der Waals surface area contributed by atoms with Gasteiger partial charge in [-0.15, -0.1) is 0 Å². The topological polar surface area (TPSA) is 58.9 Å². The number of rotatable bonds is 11. The maximum atomic E-state index is 11.0. The SMILES string of the molecule is C=C(C)C1CCC(C)=CC1c1c(O)cc(CCCCC)cc1OCCCN=O. The van der Waals surface area contributed by atoms with Crippen molar-refractivity contribution in [1.29, 1.82) is 0 Å². The molecule has 1 aliphatic carbocycles. The third-order valence-electron chi connectivity index (χ3n) is 5.61. The molecule has 4 nitrogen and oxygen atoms in total. The third kappa shape index (κ3) is 5.95. The predicted molar refractivity (Wildman–Crippen MR) is 116 cm³/mol. The first-order chi connectivity index (χ1) is 13.5. The van der Waals surface area contributed by atoms with Gasteiger partial charge in [0.1, 0.15) is 11.5 Å². The summed E-state index contributed by atoms with van der Waals surface area (Å²) < 4.78 is 6.07. The van der Waals surface area contributed by atoms with Crippen LogP contribution >= 0.6 is 0 Å². The van der Waals surface area contributed by atoms with Crippen LogP contribution in [0.3, 0.4) is 0 Å². The lowest BCUT2D eigenvalue weighted by Gasteiger charge is -2.32. The van der Waals surface area contributed by atoms with Gasteiger partial charge < -0.3 is 9.84 Å². The van der Waals surface area contributed by atoms with Crippen molar-refractivity contribution in [2.45, 2.75) is 71.6 Å². The van der Waals surface area contributed by atoms with Gasteiger partial charge in [-0.1, -0.05) is 48.7 Å². The molecule has 4 heteroatoms. The van der Waals surface area contributed by atoms with E-state index in [0.717, 1.165) is 48.1 Å². The van der Waals surface area contributed by atoms with Crippen molar-refractivity contribution in [3.63, 3.8) is 0 Å². The minimum absolute atomic E-state index is 0.0649. The Balaban J connectivity index is 2.39. The lowest BCUT2D eigenvalue weighted by Crippen LogP contribution is -2.18. The van der Waals surface area contributed by atoms with Crippen molar-refractivity contribution in [2.24, 2.45) is 11.1 Å². The van der Waals surface area contributed by atoms with Gasteiger partial charge in [-0.2, -0.15) is 4.91 Å². The van der Waals surface area contributed by atoms with Crippen LogP contribution in [0, 0.1) is 10.8 Å². The third-order valence-corrected chi connectivity index (χ3v) is 5.61. The van der Waals surface area contributed by atoms with Crippen LogP contribution < -0.4 is 4.74 Å². The Labute approximate surface area is 169 Å². The van der Waals surface area contributed by atoms with Gasteiger partial charge >= 0.3 is 0 Å². The van der Waals surface area contributed by atoms with E-state index in [2.05, 4.69) is 44.7 Å². The first-order valence-corrected chi connectivity index (χ1v) is 10.6. The molecule has 0 radical (unpaired) electrons. The van der Waals surface area contributed by atoms with E-state index in [9.17, 15) is 10.0 Å². The van der Waals surface area contributed by atoms with E-state index in [-0.39, 0.29) is 12.5 Å². The number of phenols is 1. The molecular formula is C24H35NO3. The van der Waals surface area contributed by atoms with Crippen molar-refractivity contribution in [2.75, 3.05) is 13.2 Å². The van der Waals surface area contributed by atoms with Gasteiger partial charge in [0.05, 0.1) is 13.2 Å². The summed E-state index contributed by atoms with van der Waals surface area (Å²) in [6.07, 6.45) is 9.30. The van der Waals surface area contributed by atoms with Crippen LogP contribution in [0.4, 0.5) is 0 Å². The van der Waals surface area contributed by atoms with Gasteiger partial charge in [-0.3, -0.25) is 0 Å². The highest BCUT2D eigenvalue weighted by atomic mass is 16.5. The molecule has 2 atom stereocenters. The van der Waals surface area contributed by atoms with Crippen molar-refractivity contribution >= 4 is 0 Å². The number of allylic oxidation sites excluding steroid dienone is 3. The summed E-state index contributed by atoms with van der Waals surface area (Å²) in [6, 6.07) is 3.98.